The summed E-state index contributed by atoms with van der Waals surface area (Å²) >= 11 is 0. The Kier molecular flexibility index (Phi) is 7.71. The van der Waals surface area contributed by atoms with E-state index < -0.39 is 0 Å². The molecule has 0 aliphatic heterocycles. The number of rotatable bonds is 7. The van der Waals surface area contributed by atoms with Gasteiger partial charge in [0.15, 0.2) is 0 Å². The van der Waals surface area contributed by atoms with Crippen molar-refractivity contribution in [2.75, 3.05) is 30.9 Å². The Bertz CT molecular complexity index is 1130. The lowest BCUT2D eigenvalue weighted by Crippen LogP contribution is -2.36. The number of hydrogen-bond acceptors (Lipinski definition) is 5. The van der Waals surface area contributed by atoms with E-state index in [0.717, 1.165) is 34.1 Å². The highest BCUT2D eigenvalue weighted by Gasteiger charge is 2.13. The molecule has 1 heterocycles. The summed E-state index contributed by atoms with van der Waals surface area (Å²) in [5, 5.41) is 10.6. The average molecular weight is 449 g/mol. The number of benzene rings is 2. The molecule has 0 radical (unpaired) electrons. The van der Waals surface area contributed by atoms with Crippen LogP contribution in [0.3, 0.4) is 0 Å². The second-order valence-corrected chi connectivity index (χ2v) is 7.92. The van der Waals surface area contributed by atoms with Crippen LogP contribution in [-0.4, -0.2) is 42.3 Å². The van der Waals surface area contributed by atoms with Crippen LogP contribution in [0.1, 0.15) is 34.2 Å². The number of hydrogen-bond donors (Lipinski definition) is 2. The van der Waals surface area contributed by atoms with Crippen LogP contribution in [0.25, 0.3) is 0 Å². The summed E-state index contributed by atoms with van der Waals surface area (Å²) in [6, 6.07) is 15.0. The Hall–Kier alpha value is -3.81. The third kappa shape index (κ3) is 6.12. The monoisotopic (exact) mass is 448 g/mol. The summed E-state index contributed by atoms with van der Waals surface area (Å²) in [6.07, 6.45) is 0. The van der Waals surface area contributed by atoms with Gasteiger partial charge in [-0.2, -0.15) is 5.10 Å². The molecule has 2 aromatic carbocycles. The third-order valence-corrected chi connectivity index (χ3v) is 5.34. The normalized spacial score (nSPS) is 11.3. The van der Waals surface area contributed by atoms with Gasteiger partial charge in [0.25, 0.3) is 5.91 Å². The molecule has 3 aromatic rings. The molecule has 1 amide bonds. The minimum absolute atomic E-state index is 0.240. The molecule has 0 atom stereocenters. The van der Waals surface area contributed by atoms with Crippen molar-refractivity contribution in [2.24, 2.45) is 12.0 Å². The summed E-state index contributed by atoms with van der Waals surface area (Å²) in [5.74, 6) is 0.908. The molecule has 3 rings (SSSR count). The number of aryl methyl sites for hydroxylation is 2. The van der Waals surface area contributed by atoms with E-state index in [0.29, 0.717) is 24.7 Å². The van der Waals surface area contributed by atoms with Crippen LogP contribution in [0.5, 0.6) is 5.75 Å². The van der Waals surface area contributed by atoms with Crippen molar-refractivity contribution in [2.45, 2.75) is 27.3 Å². The fourth-order valence-electron chi connectivity index (χ4n) is 3.36. The lowest BCUT2D eigenvalue weighted by Gasteiger charge is -2.15. The van der Waals surface area contributed by atoms with Gasteiger partial charge in [0, 0.05) is 49.3 Å². The van der Waals surface area contributed by atoms with Crippen molar-refractivity contribution in [3.8, 4) is 5.75 Å². The Morgan fingerprint density at radius 1 is 1.15 bits per heavy atom. The van der Waals surface area contributed by atoms with Gasteiger partial charge in [0.1, 0.15) is 5.75 Å². The van der Waals surface area contributed by atoms with Gasteiger partial charge in [-0.3, -0.25) is 14.8 Å². The number of nitrogens with one attached hydrogen (secondary N) is 2. The Morgan fingerprint density at radius 2 is 1.88 bits per heavy atom. The van der Waals surface area contributed by atoms with E-state index in [1.54, 1.807) is 6.07 Å². The van der Waals surface area contributed by atoms with Gasteiger partial charge in [-0.15, -0.1) is 0 Å². The molecule has 174 valence electrons. The molecule has 0 bridgehead atoms. The minimum Gasteiger partial charge on any atom is -0.494 e. The zero-order valence-corrected chi connectivity index (χ0v) is 20.1. The number of carbonyl (C=O) groups is 1. The van der Waals surface area contributed by atoms with E-state index in [1.165, 1.54) is 0 Å². The second kappa shape index (κ2) is 10.7. The highest BCUT2D eigenvalue weighted by Crippen LogP contribution is 2.17. The SMILES string of the molecule is CCOc1ccc(NC(=NCc2c(C)nn(C)c2C)NC(=O)c2cccc(N(C)C)c2)cc1. The number of aliphatic imine (C=N–C) groups is 1. The molecule has 1 aromatic heterocycles. The molecule has 0 fully saturated rings. The fraction of sp³-hybridized carbons (Fsp3) is 0.320. The molecule has 0 saturated heterocycles. The predicted molar refractivity (Wildman–Crippen MR) is 133 cm³/mol. The Labute approximate surface area is 195 Å². The lowest BCUT2D eigenvalue weighted by atomic mass is 10.2. The fourth-order valence-corrected chi connectivity index (χ4v) is 3.36. The second-order valence-electron chi connectivity index (χ2n) is 7.92. The number of carbonyl (C=O) groups excluding carboxylic acids is 1. The van der Waals surface area contributed by atoms with E-state index in [-0.39, 0.29) is 5.91 Å². The van der Waals surface area contributed by atoms with Crippen LogP contribution in [-0.2, 0) is 13.6 Å². The highest BCUT2D eigenvalue weighted by atomic mass is 16.5. The van der Waals surface area contributed by atoms with Crippen molar-refractivity contribution in [1.82, 2.24) is 15.1 Å². The highest BCUT2D eigenvalue weighted by molar-refractivity contribution is 6.10. The summed E-state index contributed by atoms with van der Waals surface area (Å²) in [7, 11) is 5.79. The number of nitrogens with zero attached hydrogens (tertiary/aromatic N) is 4. The van der Waals surface area contributed by atoms with Crippen molar-refractivity contribution >= 4 is 23.2 Å². The summed E-state index contributed by atoms with van der Waals surface area (Å²) < 4.78 is 7.35. The van der Waals surface area contributed by atoms with Crippen LogP contribution >= 0.6 is 0 Å². The zero-order valence-electron chi connectivity index (χ0n) is 20.1. The smallest absolute Gasteiger partial charge is 0.258 e. The first kappa shape index (κ1) is 23.8. The maximum Gasteiger partial charge on any atom is 0.258 e. The number of anilines is 2. The Balaban J connectivity index is 1.85. The molecular weight excluding hydrogens is 416 g/mol. The predicted octanol–water partition coefficient (Wildman–Crippen LogP) is 3.90. The quantitative estimate of drug-likeness (QED) is 0.423. The number of ether oxygens (including phenoxy) is 1. The molecule has 0 aliphatic rings. The molecule has 8 nitrogen and oxygen atoms in total. The maximum atomic E-state index is 13.0. The topological polar surface area (TPSA) is 83.8 Å². The molecule has 33 heavy (non-hydrogen) atoms. The van der Waals surface area contributed by atoms with E-state index in [2.05, 4.69) is 20.7 Å². The molecule has 0 spiro atoms. The first-order valence-electron chi connectivity index (χ1n) is 10.9. The molecule has 2 N–H and O–H groups in total. The average Bonchev–Trinajstić information content (AvgIpc) is 3.04. The largest absolute Gasteiger partial charge is 0.494 e. The van der Waals surface area contributed by atoms with Gasteiger partial charge in [-0.1, -0.05) is 6.07 Å². The third-order valence-electron chi connectivity index (χ3n) is 5.34. The van der Waals surface area contributed by atoms with E-state index in [1.807, 2.05) is 94.0 Å². The van der Waals surface area contributed by atoms with Gasteiger partial charge in [-0.05, 0) is 63.2 Å². The van der Waals surface area contributed by atoms with Crippen molar-refractivity contribution in [3.63, 3.8) is 0 Å². The van der Waals surface area contributed by atoms with Gasteiger partial charge >= 0.3 is 0 Å². The number of aromatic nitrogens is 2. The summed E-state index contributed by atoms with van der Waals surface area (Å²) in [5.41, 5.74) is 5.29. The molecular formula is C25H32N6O2. The van der Waals surface area contributed by atoms with E-state index in [9.17, 15) is 4.79 Å². The van der Waals surface area contributed by atoms with Gasteiger partial charge in [0.2, 0.25) is 5.96 Å². The van der Waals surface area contributed by atoms with Gasteiger partial charge in [0.05, 0.1) is 18.8 Å². The first-order chi connectivity index (χ1) is 15.8. The summed E-state index contributed by atoms with van der Waals surface area (Å²) in [4.78, 5) is 19.7. The van der Waals surface area contributed by atoms with Crippen LogP contribution in [0.2, 0.25) is 0 Å². The van der Waals surface area contributed by atoms with Crippen LogP contribution < -0.4 is 20.3 Å². The molecule has 0 aliphatic carbocycles. The van der Waals surface area contributed by atoms with Crippen molar-refractivity contribution in [3.05, 3.63) is 71.0 Å². The van der Waals surface area contributed by atoms with Gasteiger partial charge in [-0.25, -0.2) is 4.99 Å². The minimum atomic E-state index is -0.240. The van der Waals surface area contributed by atoms with Gasteiger partial charge < -0.3 is 15.0 Å². The number of amides is 1. The Morgan fingerprint density at radius 3 is 2.48 bits per heavy atom. The van der Waals surface area contributed by atoms with Crippen molar-refractivity contribution < 1.29 is 9.53 Å². The molecule has 0 saturated carbocycles. The number of guanidine groups is 1. The van der Waals surface area contributed by atoms with Crippen LogP contribution in [0.4, 0.5) is 11.4 Å². The van der Waals surface area contributed by atoms with E-state index >= 15 is 0 Å². The summed E-state index contributed by atoms with van der Waals surface area (Å²) in [6.45, 7) is 6.91. The first-order valence-corrected chi connectivity index (χ1v) is 10.9. The lowest BCUT2D eigenvalue weighted by molar-refractivity contribution is 0.0977. The maximum absolute atomic E-state index is 13.0. The molecule has 8 heteroatoms. The standard InChI is InChI=1S/C25H32N6O2/c1-7-33-22-13-11-20(12-14-22)27-25(26-16-23-17(2)29-31(6)18(23)3)28-24(32)19-9-8-10-21(15-19)30(4)5/h8-15H,7,16H2,1-6H3,(H2,26,27,28,32). The van der Waals surface area contributed by atoms with E-state index in [4.69, 9.17) is 4.74 Å². The van der Waals surface area contributed by atoms with Crippen LogP contribution in [0.15, 0.2) is 53.5 Å². The van der Waals surface area contributed by atoms with Crippen LogP contribution in [0, 0.1) is 13.8 Å². The van der Waals surface area contributed by atoms with Crippen molar-refractivity contribution in [1.29, 1.82) is 0 Å². The molecule has 0 unspecified atom stereocenters. The zero-order chi connectivity index (χ0) is 24.0.